The highest BCUT2D eigenvalue weighted by molar-refractivity contribution is 8.13. The molecule has 1 aromatic carbocycles. The number of carbonyl (C=O) groups excluding carboxylic acids is 1. The molecule has 0 aromatic heterocycles. The fraction of sp³-hybridized carbons (Fsp3) is 0.300. The number of halogens is 1. The van der Waals surface area contributed by atoms with Crippen molar-refractivity contribution in [1.29, 1.82) is 0 Å². The van der Waals surface area contributed by atoms with E-state index in [1.807, 2.05) is 30.3 Å². The minimum absolute atomic E-state index is 0.0837. The predicted molar refractivity (Wildman–Crippen MR) is 58.2 cm³/mol. The SMILES string of the molecule is CC(=O)S[C@@H](CCl)c1ccccc1. The van der Waals surface area contributed by atoms with Crippen LogP contribution in [0.25, 0.3) is 0 Å². The van der Waals surface area contributed by atoms with Gasteiger partial charge in [-0.1, -0.05) is 42.1 Å². The van der Waals surface area contributed by atoms with Crippen molar-refractivity contribution in [2.45, 2.75) is 12.2 Å². The average Bonchev–Trinajstić information content (AvgIpc) is 2.15. The molecule has 0 heterocycles. The number of thioether (sulfide) groups is 1. The summed E-state index contributed by atoms with van der Waals surface area (Å²) in [4.78, 5) is 10.9. The van der Waals surface area contributed by atoms with Crippen molar-refractivity contribution in [2.24, 2.45) is 0 Å². The van der Waals surface area contributed by atoms with Gasteiger partial charge in [-0.15, -0.1) is 11.6 Å². The largest absolute Gasteiger partial charge is 0.288 e. The molecule has 0 radical (unpaired) electrons. The van der Waals surface area contributed by atoms with E-state index >= 15 is 0 Å². The van der Waals surface area contributed by atoms with E-state index in [1.165, 1.54) is 11.8 Å². The summed E-state index contributed by atoms with van der Waals surface area (Å²) in [6, 6.07) is 9.84. The summed E-state index contributed by atoms with van der Waals surface area (Å²) in [6.45, 7) is 1.56. The third kappa shape index (κ3) is 3.41. The summed E-state index contributed by atoms with van der Waals surface area (Å²) in [5.74, 6) is 0.467. The van der Waals surface area contributed by atoms with Crippen LogP contribution in [0, 0.1) is 0 Å². The van der Waals surface area contributed by atoms with Gasteiger partial charge in [-0.25, -0.2) is 0 Å². The van der Waals surface area contributed by atoms with Crippen molar-refractivity contribution in [2.75, 3.05) is 5.88 Å². The zero-order valence-corrected chi connectivity index (χ0v) is 8.94. The highest BCUT2D eigenvalue weighted by atomic mass is 35.5. The van der Waals surface area contributed by atoms with Crippen molar-refractivity contribution in [1.82, 2.24) is 0 Å². The third-order valence-electron chi connectivity index (χ3n) is 1.62. The van der Waals surface area contributed by atoms with Crippen molar-refractivity contribution in [3.05, 3.63) is 35.9 Å². The minimum Gasteiger partial charge on any atom is -0.288 e. The predicted octanol–water partition coefficient (Wildman–Crippen LogP) is 3.25. The van der Waals surface area contributed by atoms with Crippen LogP contribution in [0.3, 0.4) is 0 Å². The summed E-state index contributed by atoms with van der Waals surface area (Å²) in [5, 5.41) is 0.190. The molecule has 0 spiro atoms. The van der Waals surface area contributed by atoms with E-state index in [-0.39, 0.29) is 10.4 Å². The molecule has 3 heteroatoms. The molecule has 0 aliphatic heterocycles. The molecular formula is C10H11ClOS. The first-order valence-electron chi connectivity index (χ1n) is 4.02. The number of benzene rings is 1. The average molecular weight is 215 g/mol. The summed E-state index contributed by atoms with van der Waals surface area (Å²) in [7, 11) is 0. The van der Waals surface area contributed by atoms with Crippen LogP contribution < -0.4 is 0 Å². The topological polar surface area (TPSA) is 17.1 Å². The molecule has 13 heavy (non-hydrogen) atoms. The summed E-state index contributed by atoms with van der Waals surface area (Å²) in [6.07, 6.45) is 0. The second kappa shape index (κ2) is 5.30. The van der Waals surface area contributed by atoms with Gasteiger partial charge in [0.05, 0.1) is 5.25 Å². The van der Waals surface area contributed by atoms with Gasteiger partial charge in [-0.3, -0.25) is 4.79 Å². The molecule has 0 amide bonds. The second-order valence-corrected chi connectivity index (χ2v) is 4.35. The molecule has 1 nitrogen and oxygen atoms in total. The summed E-state index contributed by atoms with van der Waals surface area (Å²) < 4.78 is 0. The van der Waals surface area contributed by atoms with E-state index < -0.39 is 0 Å². The van der Waals surface area contributed by atoms with Crippen LogP contribution in [0.2, 0.25) is 0 Å². The highest BCUT2D eigenvalue weighted by Crippen LogP contribution is 2.29. The highest BCUT2D eigenvalue weighted by Gasteiger charge is 2.12. The van der Waals surface area contributed by atoms with Gasteiger partial charge in [0.15, 0.2) is 5.12 Å². The number of hydrogen-bond acceptors (Lipinski definition) is 2. The van der Waals surface area contributed by atoms with Crippen molar-refractivity contribution in [3.63, 3.8) is 0 Å². The van der Waals surface area contributed by atoms with Gasteiger partial charge in [0.2, 0.25) is 0 Å². The maximum Gasteiger partial charge on any atom is 0.186 e. The molecule has 1 aromatic rings. The fourth-order valence-corrected chi connectivity index (χ4v) is 2.18. The van der Waals surface area contributed by atoms with Gasteiger partial charge in [-0.05, 0) is 5.56 Å². The van der Waals surface area contributed by atoms with Crippen LogP contribution in [-0.4, -0.2) is 11.0 Å². The maximum absolute atomic E-state index is 10.9. The molecular weight excluding hydrogens is 204 g/mol. The van der Waals surface area contributed by atoms with Crippen molar-refractivity contribution >= 4 is 28.5 Å². The molecule has 0 bridgehead atoms. The molecule has 0 unspecified atom stereocenters. The molecule has 70 valence electrons. The summed E-state index contributed by atoms with van der Waals surface area (Å²) in [5.41, 5.74) is 1.11. The first-order chi connectivity index (χ1) is 6.24. The first kappa shape index (κ1) is 10.6. The molecule has 0 aliphatic carbocycles. The van der Waals surface area contributed by atoms with Crippen molar-refractivity contribution in [3.8, 4) is 0 Å². The zero-order chi connectivity index (χ0) is 9.68. The van der Waals surface area contributed by atoms with E-state index in [1.54, 1.807) is 6.92 Å². The Morgan fingerprint density at radius 3 is 2.54 bits per heavy atom. The Balaban J connectivity index is 2.73. The van der Waals surface area contributed by atoms with Crippen molar-refractivity contribution < 1.29 is 4.79 Å². The van der Waals surface area contributed by atoms with Crippen LogP contribution in [0.1, 0.15) is 17.7 Å². The third-order valence-corrected chi connectivity index (χ3v) is 3.17. The lowest BCUT2D eigenvalue weighted by Gasteiger charge is -2.10. The normalized spacial score (nSPS) is 12.5. The minimum atomic E-state index is 0.0837. The van der Waals surface area contributed by atoms with E-state index in [0.29, 0.717) is 5.88 Å². The van der Waals surface area contributed by atoms with Gasteiger partial charge >= 0.3 is 0 Å². The molecule has 1 rings (SSSR count). The standard InChI is InChI=1S/C10H11ClOS/c1-8(12)13-10(7-11)9-5-3-2-4-6-9/h2-6,10H,7H2,1H3/t10-/m0/s1. The maximum atomic E-state index is 10.9. The smallest absolute Gasteiger partial charge is 0.186 e. The van der Waals surface area contributed by atoms with Gasteiger partial charge in [-0.2, -0.15) is 0 Å². The van der Waals surface area contributed by atoms with Crippen LogP contribution in [-0.2, 0) is 4.79 Å². The Kier molecular flexibility index (Phi) is 4.33. The Bertz CT molecular complexity index is 274. The molecule has 0 saturated carbocycles. The first-order valence-corrected chi connectivity index (χ1v) is 5.43. The number of alkyl halides is 1. The lowest BCUT2D eigenvalue weighted by molar-refractivity contribution is -0.109. The zero-order valence-electron chi connectivity index (χ0n) is 7.37. The number of hydrogen-bond donors (Lipinski definition) is 0. The van der Waals surface area contributed by atoms with Crippen LogP contribution >= 0.6 is 23.4 Å². The molecule has 0 fully saturated rings. The number of carbonyl (C=O) groups is 1. The van der Waals surface area contributed by atoms with Crippen LogP contribution in [0.5, 0.6) is 0 Å². The second-order valence-electron chi connectivity index (χ2n) is 2.66. The van der Waals surface area contributed by atoms with E-state index in [2.05, 4.69) is 0 Å². The molecule has 0 saturated heterocycles. The molecule has 0 aliphatic rings. The summed E-state index contributed by atoms with van der Waals surface area (Å²) >= 11 is 7.05. The van der Waals surface area contributed by atoms with Gasteiger partial charge < -0.3 is 0 Å². The fourth-order valence-electron chi connectivity index (χ4n) is 1.06. The Morgan fingerprint density at radius 2 is 2.08 bits per heavy atom. The van der Waals surface area contributed by atoms with E-state index in [4.69, 9.17) is 11.6 Å². The van der Waals surface area contributed by atoms with Gasteiger partial charge in [0.1, 0.15) is 0 Å². The monoisotopic (exact) mass is 214 g/mol. The van der Waals surface area contributed by atoms with E-state index in [0.717, 1.165) is 5.56 Å². The Labute approximate surface area is 87.5 Å². The molecule has 1 atom stereocenters. The van der Waals surface area contributed by atoms with Crippen LogP contribution in [0.4, 0.5) is 0 Å². The number of rotatable bonds is 3. The van der Waals surface area contributed by atoms with Gasteiger partial charge in [0, 0.05) is 12.8 Å². The van der Waals surface area contributed by atoms with Gasteiger partial charge in [0.25, 0.3) is 0 Å². The Hall–Kier alpha value is -0.470. The van der Waals surface area contributed by atoms with E-state index in [9.17, 15) is 4.79 Å². The lowest BCUT2D eigenvalue weighted by atomic mass is 10.2. The molecule has 0 N–H and O–H groups in total. The quantitative estimate of drug-likeness (QED) is 0.719. The van der Waals surface area contributed by atoms with Crippen LogP contribution in [0.15, 0.2) is 30.3 Å². The Morgan fingerprint density at radius 1 is 1.46 bits per heavy atom. The lowest BCUT2D eigenvalue weighted by Crippen LogP contribution is -1.98.